The minimum Gasteiger partial charge on any atom is -0.398 e. The van der Waals surface area contributed by atoms with Crippen molar-refractivity contribution in [1.82, 2.24) is 0 Å². The molecule has 0 aliphatic carbocycles. The zero-order valence-electron chi connectivity index (χ0n) is 8.47. The van der Waals surface area contributed by atoms with Crippen molar-refractivity contribution in [3.63, 3.8) is 0 Å². The Morgan fingerprint density at radius 1 is 1.42 bits per heavy atom. The van der Waals surface area contributed by atoms with Crippen LogP contribution >= 0.6 is 0 Å². The van der Waals surface area contributed by atoms with Gasteiger partial charge in [0, 0.05) is 7.11 Å². The molecule has 0 saturated heterocycles. The van der Waals surface area contributed by atoms with Crippen LogP contribution in [0, 0.1) is 11.3 Å². The van der Waals surface area contributed by atoms with E-state index in [9.17, 15) is 0 Å². The van der Waals surface area contributed by atoms with Gasteiger partial charge in [-0.2, -0.15) is 5.26 Å². The molecular weight excluding hydrogens is 170 g/mol. The molecule has 0 aliphatic rings. The van der Waals surface area contributed by atoms with Gasteiger partial charge in [0.15, 0.2) is 13.9 Å². The lowest BCUT2D eigenvalue weighted by Crippen LogP contribution is -2.42. The summed E-state index contributed by atoms with van der Waals surface area (Å²) in [6.07, 6.45) is 0. The summed E-state index contributed by atoms with van der Waals surface area (Å²) >= 11 is 0. The van der Waals surface area contributed by atoms with E-state index in [1.54, 1.807) is 14.0 Å². The maximum Gasteiger partial charge on any atom is 0.186 e. The van der Waals surface area contributed by atoms with E-state index in [1.807, 2.05) is 0 Å². The Morgan fingerprint density at radius 2 is 1.92 bits per heavy atom. The van der Waals surface area contributed by atoms with Gasteiger partial charge >= 0.3 is 0 Å². The van der Waals surface area contributed by atoms with Crippen molar-refractivity contribution in [2.45, 2.75) is 32.2 Å². The Morgan fingerprint density at radius 3 is 2.17 bits per heavy atom. The Hall–Kier alpha value is -0.373. The largest absolute Gasteiger partial charge is 0.398 e. The lowest BCUT2D eigenvalue weighted by molar-refractivity contribution is 0.0393. The summed E-state index contributed by atoms with van der Waals surface area (Å²) in [4.78, 5) is 0. The smallest absolute Gasteiger partial charge is 0.186 e. The Bertz CT molecular complexity index is 182. The van der Waals surface area contributed by atoms with Crippen molar-refractivity contribution in [3.8, 4) is 6.07 Å². The Balaban J connectivity index is 4.27. The molecule has 0 heterocycles. The zero-order chi connectivity index (χ0) is 9.83. The normalized spacial score (nSPS) is 16.7. The molecule has 0 saturated carbocycles. The third kappa shape index (κ3) is 4.49. The van der Waals surface area contributed by atoms with Crippen molar-refractivity contribution in [3.05, 3.63) is 0 Å². The average Bonchev–Trinajstić information content (AvgIpc) is 1.84. The molecular formula is C8H17NO2Si. The molecule has 0 aromatic rings. The molecule has 0 aromatic carbocycles. The second-order valence-electron chi connectivity index (χ2n) is 3.99. The minimum absolute atomic E-state index is 0.327. The molecule has 0 radical (unpaired) electrons. The fourth-order valence-electron chi connectivity index (χ4n) is 1.04. The highest BCUT2D eigenvalue weighted by molar-refractivity contribution is 6.69. The van der Waals surface area contributed by atoms with E-state index in [-0.39, 0.29) is 0 Å². The number of rotatable bonds is 4. The molecule has 0 fully saturated rings. The number of ether oxygens (including phenoxy) is 1. The van der Waals surface area contributed by atoms with Gasteiger partial charge in [-0.1, -0.05) is 0 Å². The van der Waals surface area contributed by atoms with E-state index in [4.69, 9.17) is 14.4 Å². The molecule has 0 aliphatic heterocycles. The molecule has 4 heteroatoms. The van der Waals surface area contributed by atoms with Gasteiger partial charge in [0.25, 0.3) is 0 Å². The van der Waals surface area contributed by atoms with Crippen molar-refractivity contribution >= 4 is 8.32 Å². The molecule has 0 N–H and O–H groups in total. The molecule has 1 unspecified atom stereocenters. The van der Waals surface area contributed by atoms with Gasteiger partial charge in [0.05, 0.1) is 12.7 Å². The van der Waals surface area contributed by atoms with Crippen LogP contribution in [-0.4, -0.2) is 27.6 Å². The van der Waals surface area contributed by atoms with E-state index in [2.05, 4.69) is 25.7 Å². The first-order valence-electron chi connectivity index (χ1n) is 3.93. The summed E-state index contributed by atoms with van der Waals surface area (Å²) in [6, 6.07) is 2.12. The van der Waals surface area contributed by atoms with Gasteiger partial charge in [-0.15, -0.1) is 0 Å². The highest BCUT2D eigenvalue weighted by atomic mass is 28.4. The first kappa shape index (κ1) is 11.6. The van der Waals surface area contributed by atoms with Crippen LogP contribution in [0.15, 0.2) is 0 Å². The van der Waals surface area contributed by atoms with Crippen molar-refractivity contribution < 1.29 is 9.16 Å². The monoisotopic (exact) mass is 187 g/mol. The first-order chi connectivity index (χ1) is 5.33. The number of methoxy groups -OCH3 is 1. The fraction of sp³-hybridized carbons (Fsp3) is 0.875. The van der Waals surface area contributed by atoms with E-state index in [0.717, 1.165) is 0 Å². The van der Waals surface area contributed by atoms with E-state index < -0.39 is 13.9 Å². The second kappa shape index (κ2) is 4.03. The van der Waals surface area contributed by atoms with E-state index >= 15 is 0 Å². The highest BCUT2D eigenvalue weighted by Crippen LogP contribution is 2.17. The third-order valence-electron chi connectivity index (χ3n) is 1.19. The van der Waals surface area contributed by atoms with E-state index in [1.165, 1.54) is 0 Å². The highest BCUT2D eigenvalue weighted by Gasteiger charge is 2.31. The number of hydrogen-bond donors (Lipinski definition) is 0. The van der Waals surface area contributed by atoms with Gasteiger partial charge < -0.3 is 9.16 Å². The van der Waals surface area contributed by atoms with Crippen LogP contribution in [0.5, 0.6) is 0 Å². The molecule has 70 valence electrons. The van der Waals surface area contributed by atoms with Crippen LogP contribution in [0.3, 0.4) is 0 Å². The molecule has 0 spiro atoms. The van der Waals surface area contributed by atoms with E-state index in [0.29, 0.717) is 6.61 Å². The van der Waals surface area contributed by atoms with Gasteiger partial charge in [-0.3, -0.25) is 0 Å². The molecule has 0 aromatic heterocycles. The molecule has 1 atom stereocenters. The summed E-state index contributed by atoms with van der Waals surface area (Å²) in [5.74, 6) is 0. The van der Waals surface area contributed by atoms with Crippen LogP contribution in [-0.2, 0) is 9.16 Å². The minimum atomic E-state index is -1.65. The van der Waals surface area contributed by atoms with Gasteiger partial charge in [0.1, 0.15) is 0 Å². The number of nitriles is 1. The first-order valence-corrected chi connectivity index (χ1v) is 7.34. The SMILES string of the molecule is COCC(C)(C#N)O[Si](C)(C)C. The third-order valence-corrected chi connectivity index (χ3v) is 2.25. The zero-order valence-corrected chi connectivity index (χ0v) is 9.47. The number of hydrogen-bond acceptors (Lipinski definition) is 3. The van der Waals surface area contributed by atoms with Gasteiger partial charge in [-0.05, 0) is 26.6 Å². The lowest BCUT2D eigenvalue weighted by Gasteiger charge is -2.29. The van der Waals surface area contributed by atoms with Crippen LogP contribution in [0.1, 0.15) is 6.92 Å². The Kier molecular flexibility index (Phi) is 3.91. The topological polar surface area (TPSA) is 42.2 Å². The summed E-state index contributed by atoms with van der Waals surface area (Å²) in [5.41, 5.74) is -0.779. The van der Waals surface area contributed by atoms with Crippen molar-refractivity contribution in [1.29, 1.82) is 5.26 Å². The van der Waals surface area contributed by atoms with Crippen LogP contribution < -0.4 is 0 Å². The second-order valence-corrected chi connectivity index (χ2v) is 8.42. The summed E-state index contributed by atoms with van der Waals surface area (Å²) in [7, 11) is -0.0808. The van der Waals surface area contributed by atoms with Crippen molar-refractivity contribution in [2.24, 2.45) is 0 Å². The fourth-order valence-corrected chi connectivity index (χ4v) is 2.49. The summed E-state index contributed by atoms with van der Waals surface area (Å²) in [5, 5.41) is 8.85. The quantitative estimate of drug-likeness (QED) is 0.630. The molecule has 0 amide bonds. The van der Waals surface area contributed by atoms with Gasteiger partial charge in [0.2, 0.25) is 0 Å². The molecule has 0 bridgehead atoms. The van der Waals surface area contributed by atoms with Crippen molar-refractivity contribution in [2.75, 3.05) is 13.7 Å². The predicted octanol–water partition coefficient (Wildman–Crippen LogP) is 1.77. The molecule has 0 rings (SSSR count). The van der Waals surface area contributed by atoms with Crippen LogP contribution in [0.2, 0.25) is 19.6 Å². The number of nitrogens with zero attached hydrogens (tertiary/aromatic N) is 1. The lowest BCUT2D eigenvalue weighted by atomic mass is 10.1. The van der Waals surface area contributed by atoms with Crippen LogP contribution in [0.25, 0.3) is 0 Å². The van der Waals surface area contributed by atoms with Gasteiger partial charge in [-0.25, -0.2) is 0 Å². The molecule has 12 heavy (non-hydrogen) atoms. The standard InChI is InChI=1S/C8H17NO2Si/c1-8(6-9,7-10-2)11-12(3,4)5/h7H2,1-5H3. The predicted molar refractivity (Wildman–Crippen MR) is 50.3 cm³/mol. The van der Waals surface area contributed by atoms with Crippen LogP contribution in [0.4, 0.5) is 0 Å². The Labute approximate surface area is 75.4 Å². The average molecular weight is 187 g/mol. The summed E-state index contributed by atoms with van der Waals surface area (Å²) < 4.78 is 10.6. The maximum atomic E-state index is 8.85. The molecule has 3 nitrogen and oxygen atoms in total. The summed E-state index contributed by atoms with van der Waals surface area (Å²) in [6.45, 7) is 8.25. The maximum absolute atomic E-state index is 8.85.